The SMILES string of the molecule is c1ccc(-c2nc3cccc(-c4ccccc4N(c4cccc(-c5cccc6ccccc56)c4)c4ccc5c6ccc7ccccc7c6n(-c6ccccc6)c5c4)c3o2)cc1. The monoisotopic (exact) mass is 779 g/mol. The molecule has 0 fully saturated rings. The first kappa shape index (κ1) is 34.8. The molecule has 2 aromatic heterocycles. The number of hydrogen-bond donors (Lipinski definition) is 0. The van der Waals surface area contributed by atoms with Crippen molar-refractivity contribution in [1.29, 1.82) is 0 Å². The van der Waals surface area contributed by atoms with E-state index in [4.69, 9.17) is 9.40 Å². The molecule has 0 spiro atoms. The van der Waals surface area contributed by atoms with E-state index in [1.54, 1.807) is 0 Å². The molecule has 0 N–H and O–H groups in total. The summed E-state index contributed by atoms with van der Waals surface area (Å²) in [5.74, 6) is 0.604. The lowest BCUT2D eigenvalue weighted by Gasteiger charge is -2.28. The molecule has 0 aliphatic heterocycles. The van der Waals surface area contributed by atoms with E-state index >= 15 is 0 Å². The van der Waals surface area contributed by atoms with Crippen molar-refractivity contribution in [2.24, 2.45) is 0 Å². The van der Waals surface area contributed by atoms with E-state index < -0.39 is 0 Å². The highest BCUT2D eigenvalue weighted by molar-refractivity contribution is 6.19. The smallest absolute Gasteiger partial charge is 0.227 e. The molecule has 4 nitrogen and oxygen atoms in total. The first-order valence-corrected chi connectivity index (χ1v) is 20.7. The van der Waals surface area contributed by atoms with Gasteiger partial charge in [0.15, 0.2) is 5.58 Å². The van der Waals surface area contributed by atoms with Crippen LogP contribution in [-0.2, 0) is 0 Å². The minimum atomic E-state index is 0.604. The third kappa shape index (κ3) is 5.80. The van der Waals surface area contributed by atoms with E-state index in [9.17, 15) is 0 Å². The van der Waals surface area contributed by atoms with Crippen LogP contribution in [0.1, 0.15) is 0 Å². The van der Waals surface area contributed by atoms with E-state index in [-0.39, 0.29) is 0 Å². The Kier molecular flexibility index (Phi) is 8.13. The molecular weight excluding hydrogens is 743 g/mol. The fraction of sp³-hybridized carbons (Fsp3) is 0. The highest BCUT2D eigenvalue weighted by Crippen LogP contribution is 2.46. The minimum Gasteiger partial charge on any atom is -0.435 e. The average molecular weight is 780 g/mol. The van der Waals surface area contributed by atoms with Gasteiger partial charge in [-0.25, -0.2) is 4.98 Å². The molecule has 0 aliphatic rings. The van der Waals surface area contributed by atoms with Crippen molar-refractivity contribution in [3.05, 3.63) is 224 Å². The summed E-state index contributed by atoms with van der Waals surface area (Å²) in [5, 5.41) is 7.30. The number of rotatable bonds is 7. The number of oxazole rings is 1. The van der Waals surface area contributed by atoms with Crippen LogP contribution in [0, 0.1) is 0 Å². The first-order valence-electron chi connectivity index (χ1n) is 20.7. The second-order valence-electron chi connectivity index (χ2n) is 15.5. The Morgan fingerprint density at radius 3 is 1.90 bits per heavy atom. The van der Waals surface area contributed by atoms with Crippen LogP contribution in [0.5, 0.6) is 0 Å². The third-order valence-corrected chi connectivity index (χ3v) is 12.0. The molecule has 0 atom stereocenters. The van der Waals surface area contributed by atoms with Gasteiger partial charge in [-0.05, 0) is 87.9 Å². The Balaban J connectivity index is 1.13. The Labute approximate surface area is 352 Å². The van der Waals surface area contributed by atoms with Crippen molar-refractivity contribution in [1.82, 2.24) is 9.55 Å². The molecule has 12 aromatic rings. The maximum absolute atomic E-state index is 6.66. The highest BCUT2D eigenvalue weighted by atomic mass is 16.3. The molecule has 0 bridgehead atoms. The maximum atomic E-state index is 6.66. The van der Waals surface area contributed by atoms with Crippen LogP contribution in [0.15, 0.2) is 229 Å². The second kappa shape index (κ2) is 14.3. The van der Waals surface area contributed by atoms with Crippen LogP contribution >= 0.6 is 0 Å². The van der Waals surface area contributed by atoms with Gasteiger partial charge in [-0.15, -0.1) is 0 Å². The molecule has 2 heterocycles. The van der Waals surface area contributed by atoms with E-state index in [0.29, 0.717) is 5.89 Å². The molecule has 0 aliphatic carbocycles. The van der Waals surface area contributed by atoms with Crippen LogP contribution in [-0.4, -0.2) is 9.55 Å². The molecule has 0 radical (unpaired) electrons. The van der Waals surface area contributed by atoms with Crippen molar-refractivity contribution in [3.8, 4) is 39.4 Å². The van der Waals surface area contributed by atoms with Gasteiger partial charge < -0.3 is 13.9 Å². The predicted molar refractivity (Wildman–Crippen MR) is 254 cm³/mol. The van der Waals surface area contributed by atoms with Crippen molar-refractivity contribution in [2.75, 3.05) is 4.90 Å². The first-order chi connectivity index (χ1) is 30.3. The lowest BCUT2D eigenvalue weighted by Crippen LogP contribution is -2.11. The van der Waals surface area contributed by atoms with Crippen LogP contribution in [0.3, 0.4) is 0 Å². The van der Waals surface area contributed by atoms with Crippen LogP contribution in [0.4, 0.5) is 17.1 Å². The van der Waals surface area contributed by atoms with Gasteiger partial charge in [0.25, 0.3) is 0 Å². The minimum absolute atomic E-state index is 0.604. The van der Waals surface area contributed by atoms with Gasteiger partial charge in [-0.2, -0.15) is 0 Å². The van der Waals surface area contributed by atoms with Crippen molar-refractivity contribution < 1.29 is 4.42 Å². The number of para-hydroxylation sites is 3. The second-order valence-corrected chi connectivity index (χ2v) is 15.5. The lowest BCUT2D eigenvalue weighted by molar-refractivity contribution is 0.621. The number of benzene rings is 10. The van der Waals surface area contributed by atoms with Crippen molar-refractivity contribution in [3.63, 3.8) is 0 Å². The van der Waals surface area contributed by atoms with Gasteiger partial charge in [0, 0.05) is 49.9 Å². The standard InChI is InChI=1S/C57H37N3O/c1-3-18-40(19-4-1)57-58-52-30-15-29-51(56(52)61-57)48-27-11-12-31-53(48)59(43-24-13-21-41(36-43)46-28-14-20-38-16-7-9-25-45(38)46)44-33-35-49-50-34-32-39-17-8-10-26-47(39)55(50)60(54(49)37-44)42-22-5-2-6-23-42/h1-37H. The molecular formula is C57H37N3O. The largest absolute Gasteiger partial charge is 0.435 e. The number of aromatic nitrogens is 2. The van der Waals surface area contributed by atoms with Gasteiger partial charge in [0.05, 0.1) is 16.7 Å². The Bertz CT molecular complexity index is 3600. The summed E-state index contributed by atoms with van der Waals surface area (Å²) >= 11 is 0. The summed E-state index contributed by atoms with van der Waals surface area (Å²) in [4.78, 5) is 7.37. The third-order valence-electron chi connectivity index (χ3n) is 12.0. The summed E-state index contributed by atoms with van der Waals surface area (Å²) < 4.78 is 9.10. The summed E-state index contributed by atoms with van der Waals surface area (Å²) in [6.45, 7) is 0. The summed E-state index contributed by atoms with van der Waals surface area (Å²) in [6.07, 6.45) is 0. The maximum Gasteiger partial charge on any atom is 0.227 e. The lowest BCUT2D eigenvalue weighted by atomic mass is 9.97. The van der Waals surface area contributed by atoms with Crippen LogP contribution < -0.4 is 4.90 Å². The quantitative estimate of drug-likeness (QED) is 0.162. The molecule has 0 saturated carbocycles. The Morgan fingerprint density at radius 1 is 0.410 bits per heavy atom. The van der Waals surface area contributed by atoms with Gasteiger partial charge in [0.1, 0.15) is 5.52 Å². The number of fused-ring (bicyclic) bond motifs is 7. The summed E-state index contributed by atoms with van der Waals surface area (Å²) in [5.41, 5.74) is 13.4. The zero-order valence-electron chi connectivity index (χ0n) is 33.1. The zero-order valence-corrected chi connectivity index (χ0v) is 33.1. The molecule has 4 heteroatoms. The van der Waals surface area contributed by atoms with Crippen LogP contribution in [0.2, 0.25) is 0 Å². The van der Waals surface area contributed by atoms with E-state index in [0.717, 1.165) is 61.6 Å². The highest BCUT2D eigenvalue weighted by Gasteiger charge is 2.23. The number of nitrogens with zero attached hydrogens (tertiary/aromatic N) is 3. The molecule has 61 heavy (non-hydrogen) atoms. The molecule has 12 rings (SSSR count). The van der Waals surface area contributed by atoms with E-state index in [2.05, 4.69) is 198 Å². The van der Waals surface area contributed by atoms with E-state index in [1.165, 1.54) is 43.4 Å². The van der Waals surface area contributed by atoms with Crippen molar-refractivity contribution >= 4 is 71.5 Å². The number of anilines is 3. The van der Waals surface area contributed by atoms with Gasteiger partial charge in [-0.1, -0.05) is 164 Å². The van der Waals surface area contributed by atoms with Crippen molar-refractivity contribution in [2.45, 2.75) is 0 Å². The average Bonchev–Trinajstić information content (AvgIpc) is 3.92. The fourth-order valence-corrected chi connectivity index (χ4v) is 9.23. The molecule has 0 saturated heterocycles. The molecule has 0 unspecified atom stereocenters. The normalized spacial score (nSPS) is 11.6. The fourth-order valence-electron chi connectivity index (χ4n) is 9.23. The number of hydrogen-bond acceptors (Lipinski definition) is 3. The van der Waals surface area contributed by atoms with Crippen LogP contribution in [0.25, 0.3) is 93.8 Å². The predicted octanol–water partition coefficient (Wildman–Crippen LogP) is 15.7. The zero-order chi connectivity index (χ0) is 40.3. The van der Waals surface area contributed by atoms with Gasteiger partial charge in [-0.3, -0.25) is 0 Å². The molecule has 10 aromatic carbocycles. The van der Waals surface area contributed by atoms with E-state index in [1.807, 2.05) is 36.4 Å². The van der Waals surface area contributed by atoms with Gasteiger partial charge in [0.2, 0.25) is 5.89 Å². The Morgan fingerprint density at radius 2 is 1.03 bits per heavy atom. The van der Waals surface area contributed by atoms with Gasteiger partial charge >= 0.3 is 0 Å². The summed E-state index contributed by atoms with van der Waals surface area (Å²) in [7, 11) is 0. The Hall–Kier alpha value is -8.21. The molecule has 0 amide bonds. The topological polar surface area (TPSA) is 34.2 Å². The molecule has 286 valence electrons. The summed E-state index contributed by atoms with van der Waals surface area (Å²) in [6, 6.07) is 80.0.